The first-order valence-electron chi connectivity index (χ1n) is 24.6. The van der Waals surface area contributed by atoms with E-state index in [4.69, 9.17) is 10.5 Å². The van der Waals surface area contributed by atoms with Crippen LogP contribution in [0.5, 0.6) is 5.75 Å². The molecule has 3 aromatic rings. The normalized spacial score (nSPS) is 25.2. The van der Waals surface area contributed by atoms with Crippen molar-refractivity contribution < 1.29 is 48.5 Å². The van der Waals surface area contributed by atoms with Crippen LogP contribution in [0.4, 0.5) is 16.2 Å². The van der Waals surface area contributed by atoms with Crippen LogP contribution in [-0.2, 0) is 58.4 Å². The number of phenolic OH excluding ortho intramolecular Hbond substituents is 1. The first-order chi connectivity index (χ1) is 33.3. The molecule has 3 aromatic carbocycles. The van der Waals surface area contributed by atoms with Gasteiger partial charge in [-0.3, -0.25) is 34.1 Å². The van der Waals surface area contributed by atoms with E-state index in [2.05, 4.69) is 38.8 Å². The Hall–Kier alpha value is -6.33. The summed E-state index contributed by atoms with van der Waals surface area (Å²) in [4.78, 5) is 92.0. The minimum absolute atomic E-state index is 0.0113. The summed E-state index contributed by atoms with van der Waals surface area (Å²) in [5, 5.41) is 36.5. The van der Waals surface area contributed by atoms with Crippen LogP contribution in [0.3, 0.4) is 0 Å². The number of fused-ring (bicyclic) bond motifs is 6. The molecular formula is C53H69N7O10. The standard InChI is InChI=1S/C53H69N7O10/c1-30(2)45(59-43(63)26-54)47(66)55-27-44(64)56-34-15-9-31(10-16-34)29-70-50(69)58-41(28-61)46(65)57-35-17-11-32-13-19-39-37(38(32)24-35)8-6-21-52(39,4)48(67)60-49(68)53(5)23-7-22-51(3)40-25-36(62)18-12-33(40)14-20-42(51)53/h9-12,15-18,24-25,30,37,39,41-42,45,61-62H,6-8,13-14,19-23,26-29,54H2,1-5H3,(H,55,66)(H,56,64)(H,57,65)(H,58,69)(H,59,63)(H,60,67,68)/t37?,39-,41+,42-,45?,51-,52+,53+/m1/s1. The third kappa shape index (κ3) is 10.8. The van der Waals surface area contributed by atoms with Gasteiger partial charge in [0.15, 0.2) is 0 Å². The maximum atomic E-state index is 14.5. The number of aliphatic hydroxyl groups excluding tert-OH is 1. The molecule has 2 unspecified atom stereocenters. The molecule has 0 heterocycles. The van der Waals surface area contributed by atoms with E-state index in [0.717, 1.165) is 68.1 Å². The van der Waals surface area contributed by atoms with E-state index in [0.29, 0.717) is 29.8 Å². The van der Waals surface area contributed by atoms with Crippen molar-refractivity contribution in [3.63, 3.8) is 0 Å². The fraction of sp³-hybridized carbons (Fsp3) is 0.528. The molecule has 0 aliphatic heterocycles. The molecular weight excluding hydrogens is 895 g/mol. The number of aromatic hydroxyl groups is 1. The lowest BCUT2D eigenvalue weighted by molar-refractivity contribution is -0.149. The molecule has 0 aromatic heterocycles. The number of carbonyl (C=O) groups is 7. The van der Waals surface area contributed by atoms with Crippen LogP contribution in [0.15, 0.2) is 60.7 Å². The second kappa shape index (κ2) is 21.3. The van der Waals surface area contributed by atoms with E-state index in [1.54, 1.807) is 50.2 Å². The fourth-order valence-electron chi connectivity index (χ4n) is 12.0. The lowest BCUT2D eigenvalue weighted by Gasteiger charge is -2.54. The average molecular weight is 964 g/mol. The van der Waals surface area contributed by atoms with Gasteiger partial charge < -0.3 is 47.3 Å². The number of hydrogen-bond acceptors (Lipinski definition) is 11. The van der Waals surface area contributed by atoms with Crippen molar-refractivity contribution in [1.82, 2.24) is 21.3 Å². The molecule has 2 saturated carbocycles. The smallest absolute Gasteiger partial charge is 0.408 e. The van der Waals surface area contributed by atoms with Crippen molar-refractivity contribution in [3.8, 4) is 5.75 Å². The Kier molecular flexibility index (Phi) is 15.7. The summed E-state index contributed by atoms with van der Waals surface area (Å²) in [6, 6.07) is 15.5. The molecule has 4 aliphatic rings. The minimum atomic E-state index is -1.33. The molecule has 17 heteroatoms. The SMILES string of the molecule is CC(C)C(NC(=O)CN)C(=O)NCC(=O)Nc1ccc(COC(=O)N[C@@H](CO)C(=O)Nc2ccc3c(c2)C2CCC[C@](C)(C(=O)NC(=O)[C@@]4(C)CCC[C@]5(C)c6cc(O)ccc6CC[C@@H]45)[C@@H]2CC3)cc1. The molecule has 17 nitrogen and oxygen atoms in total. The summed E-state index contributed by atoms with van der Waals surface area (Å²) >= 11 is 0. The molecule has 7 rings (SSSR count). The summed E-state index contributed by atoms with van der Waals surface area (Å²) < 4.78 is 5.33. The van der Waals surface area contributed by atoms with Crippen molar-refractivity contribution in [1.29, 1.82) is 0 Å². The van der Waals surface area contributed by atoms with Crippen LogP contribution in [0.25, 0.3) is 0 Å². The molecule has 376 valence electrons. The maximum Gasteiger partial charge on any atom is 0.408 e. The number of amides is 7. The lowest BCUT2D eigenvalue weighted by Crippen LogP contribution is -2.58. The highest BCUT2D eigenvalue weighted by molar-refractivity contribution is 6.01. The number of phenols is 1. The number of hydrogen-bond donors (Lipinski definition) is 9. The molecule has 0 radical (unpaired) electrons. The minimum Gasteiger partial charge on any atom is -0.508 e. The second-order valence-electron chi connectivity index (χ2n) is 20.8. The highest BCUT2D eigenvalue weighted by Gasteiger charge is 2.57. The largest absolute Gasteiger partial charge is 0.508 e. The maximum absolute atomic E-state index is 14.5. The van der Waals surface area contributed by atoms with E-state index in [-0.39, 0.29) is 66.3 Å². The number of nitrogens with two attached hydrogens (primary N) is 1. The van der Waals surface area contributed by atoms with Gasteiger partial charge in [0.25, 0.3) is 0 Å². The zero-order chi connectivity index (χ0) is 50.5. The van der Waals surface area contributed by atoms with Gasteiger partial charge in [-0.1, -0.05) is 71.7 Å². The van der Waals surface area contributed by atoms with Crippen LogP contribution in [0, 0.1) is 28.6 Å². The third-order valence-corrected chi connectivity index (χ3v) is 15.9. The second-order valence-corrected chi connectivity index (χ2v) is 20.8. The van der Waals surface area contributed by atoms with E-state index in [1.165, 1.54) is 5.56 Å². The number of nitrogens with one attached hydrogen (secondary N) is 6. The van der Waals surface area contributed by atoms with Crippen molar-refractivity contribution in [2.75, 3.05) is 30.3 Å². The van der Waals surface area contributed by atoms with Crippen molar-refractivity contribution >= 4 is 52.9 Å². The molecule has 8 atom stereocenters. The molecule has 10 N–H and O–H groups in total. The van der Waals surface area contributed by atoms with Gasteiger partial charge in [-0.05, 0) is 145 Å². The van der Waals surface area contributed by atoms with Crippen molar-refractivity contribution in [2.45, 2.75) is 129 Å². The van der Waals surface area contributed by atoms with Crippen LogP contribution in [-0.4, -0.2) is 83.5 Å². The van der Waals surface area contributed by atoms with Gasteiger partial charge in [0.1, 0.15) is 24.4 Å². The van der Waals surface area contributed by atoms with Crippen LogP contribution in [0.1, 0.15) is 120 Å². The van der Waals surface area contributed by atoms with Crippen molar-refractivity contribution in [3.05, 3.63) is 88.5 Å². The predicted molar refractivity (Wildman–Crippen MR) is 262 cm³/mol. The summed E-state index contributed by atoms with van der Waals surface area (Å²) in [6.07, 6.45) is 6.93. The summed E-state index contributed by atoms with van der Waals surface area (Å²) in [7, 11) is 0. The first-order valence-corrected chi connectivity index (χ1v) is 24.6. The van der Waals surface area contributed by atoms with Gasteiger partial charge in [0, 0.05) is 11.4 Å². The van der Waals surface area contributed by atoms with Gasteiger partial charge in [-0.25, -0.2) is 4.79 Å². The van der Waals surface area contributed by atoms with Crippen molar-refractivity contribution in [2.24, 2.45) is 34.3 Å². The number of imide groups is 1. The number of aryl methyl sites for hydroxylation is 2. The predicted octanol–water partition coefficient (Wildman–Crippen LogP) is 4.96. The molecule has 0 saturated heterocycles. The average Bonchev–Trinajstić information content (AvgIpc) is 3.33. The van der Waals surface area contributed by atoms with Gasteiger partial charge >= 0.3 is 6.09 Å². The Morgan fingerprint density at radius 2 is 1.44 bits per heavy atom. The highest BCUT2D eigenvalue weighted by Crippen LogP contribution is 2.58. The number of alkyl carbamates (subject to hydrolysis) is 1. The number of anilines is 2. The van der Waals surface area contributed by atoms with Gasteiger partial charge in [0.2, 0.25) is 35.4 Å². The lowest BCUT2D eigenvalue weighted by atomic mass is 9.49. The van der Waals surface area contributed by atoms with E-state index in [9.17, 15) is 43.8 Å². The zero-order valence-electron chi connectivity index (χ0n) is 40.9. The Bertz CT molecular complexity index is 2500. The topological polar surface area (TPSA) is 267 Å². The Morgan fingerprint density at radius 3 is 2.16 bits per heavy atom. The van der Waals surface area contributed by atoms with Crippen LogP contribution < -0.4 is 37.6 Å². The van der Waals surface area contributed by atoms with E-state index < -0.39 is 59.2 Å². The quantitative estimate of drug-likeness (QED) is 0.0919. The van der Waals surface area contributed by atoms with Gasteiger partial charge in [-0.15, -0.1) is 0 Å². The summed E-state index contributed by atoms with van der Waals surface area (Å²) in [6.45, 7) is 8.24. The number of aliphatic hydroxyl groups is 1. The third-order valence-electron chi connectivity index (χ3n) is 15.9. The number of carbonyl (C=O) groups excluding carboxylic acids is 7. The number of ether oxygens (including phenoxy) is 1. The van der Waals surface area contributed by atoms with Gasteiger partial charge in [-0.2, -0.15) is 0 Å². The molecule has 0 bridgehead atoms. The Balaban J connectivity index is 0.911. The molecule has 70 heavy (non-hydrogen) atoms. The monoisotopic (exact) mass is 964 g/mol. The van der Waals surface area contributed by atoms with E-state index >= 15 is 0 Å². The van der Waals surface area contributed by atoms with Crippen LogP contribution >= 0.6 is 0 Å². The fourth-order valence-corrected chi connectivity index (χ4v) is 12.0. The summed E-state index contributed by atoms with van der Waals surface area (Å²) in [5.41, 5.74) is 9.43. The summed E-state index contributed by atoms with van der Waals surface area (Å²) in [5.74, 6) is -2.65. The molecule has 4 aliphatic carbocycles. The van der Waals surface area contributed by atoms with E-state index in [1.807, 2.05) is 38.1 Å². The molecule has 7 amide bonds. The highest BCUT2D eigenvalue weighted by atomic mass is 16.5. The Labute approximate surface area is 409 Å². The number of benzene rings is 3. The molecule has 0 spiro atoms. The van der Waals surface area contributed by atoms with Gasteiger partial charge in [0.05, 0.1) is 30.5 Å². The number of rotatable bonds is 15. The van der Waals surface area contributed by atoms with Crippen LogP contribution in [0.2, 0.25) is 0 Å². The Morgan fingerprint density at radius 1 is 0.757 bits per heavy atom. The first kappa shape index (κ1) is 51.5. The zero-order valence-corrected chi connectivity index (χ0v) is 40.9. The molecule has 2 fully saturated rings.